The van der Waals surface area contributed by atoms with Crippen molar-refractivity contribution in [1.82, 2.24) is 25.0 Å². The molecule has 1 atom stereocenters. The Bertz CT molecular complexity index is 1000. The summed E-state index contributed by atoms with van der Waals surface area (Å²) in [6, 6.07) is 7.40. The molecular weight excluding hydrogens is 390 g/mol. The highest BCUT2D eigenvalue weighted by atomic mass is 32.2. The van der Waals surface area contributed by atoms with Crippen LogP contribution in [0.3, 0.4) is 0 Å². The van der Waals surface area contributed by atoms with Crippen LogP contribution in [0.15, 0.2) is 35.5 Å². The summed E-state index contributed by atoms with van der Waals surface area (Å²) >= 11 is 0. The fourth-order valence-corrected chi connectivity index (χ4v) is 5.76. The molecule has 8 nitrogen and oxygen atoms in total. The van der Waals surface area contributed by atoms with Crippen LogP contribution in [0.5, 0.6) is 0 Å². The van der Waals surface area contributed by atoms with Crippen LogP contribution in [0.25, 0.3) is 0 Å². The first-order chi connectivity index (χ1) is 13.8. The molecule has 1 N–H and O–H groups in total. The molecule has 1 aromatic carbocycles. The Morgan fingerprint density at radius 1 is 1.14 bits per heavy atom. The largest absolute Gasteiger partial charge is 0.324 e. The van der Waals surface area contributed by atoms with Gasteiger partial charge in [0.1, 0.15) is 12.2 Å². The van der Waals surface area contributed by atoms with Crippen LogP contribution < -0.4 is 0 Å². The van der Waals surface area contributed by atoms with E-state index in [0.717, 1.165) is 44.7 Å². The predicted octanol–water partition coefficient (Wildman–Crippen LogP) is 2.00. The van der Waals surface area contributed by atoms with E-state index in [9.17, 15) is 13.2 Å². The second kappa shape index (κ2) is 6.55. The topological polar surface area (TPSA) is 99.3 Å². The molecule has 2 aliphatic heterocycles. The summed E-state index contributed by atoms with van der Waals surface area (Å²) in [7, 11) is -3.15. The van der Waals surface area contributed by atoms with Crippen molar-refractivity contribution in [2.45, 2.75) is 36.0 Å². The van der Waals surface area contributed by atoms with Crippen molar-refractivity contribution in [2.75, 3.05) is 32.4 Å². The third-order valence-electron chi connectivity index (χ3n) is 6.74. The summed E-state index contributed by atoms with van der Waals surface area (Å²) in [6.45, 7) is 3.12. The number of sulfone groups is 1. The lowest BCUT2D eigenvalue weighted by atomic mass is 9.56. The summed E-state index contributed by atoms with van der Waals surface area (Å²) in [5.41, 5.74) is 1.45. The lowest BCUT2D eigenvalue weighted by Crippen LogP contribution is -2.65. The van der Waals surface area contributed by atoms with E-state index in [1.165, 1.54) is 18.1 Å². The molecule has 29 heavy (non-hydrogen) atoms. The van der Waals surface area contributed by atoms with E-state index >= 15 is 0 Å². The minimum Gasteiger partial charge on any atom is -0.324 e. The molecule has 2 aromatic rings. The third kappa shape index (κ3) is 3.31. The number of carbonyl (C=O) groups is 1. The molecule has 0 unspecified atom stereocenters. The molecule has 1 saturated carbocycles. The maximum atomic E-state index is 12.8. The van der Waals surface area contributed by atoms with Crippen LogP contribution >= 0.6 is 0 Å². The lowest BCUT2D eigenvalue weighted by Gasteiger charge is -2.59. The molecule has 154 valence electrons. The number of rotatable bonds is 3. The first kappa shape index (κ1) is 18.6. The van der Waals surface area contributed by atoms with Gasteiger partial charge < -0.3 is 9.80 Å². The number of aromatic nitrogens is 3. The number of hydrogen-bond acceptors (Lipinski definition) is 5. The number of nitrogens with zero attached hydrogens (tertiary/aromatic N) is 4. The van der Waals surface area contributed by atoms with Crippen molar-refractivity contribution in [2.24, 2.45) is 5.41 Å². The minimum atomic E-state index is -3.15. The molecule has 1 aliphatic carbocycles. The zero-order chi connectivity index (χ0) is 20.2. The SMILES string of the molecule is CS(=O)(=O)c1ccc(C2CC3(C2)CN(C(=O)N2CC[C@H](c4ncn[nH]4)C2)C3)cc1. The van der Waals surface area contributed by atoms with Gasteiger partial charge in [0, 0.05) is 43.8 Å². The summed E-state index contributed by atoms with van der Waals surface area (Å²) in [6.07, 6.45) is 5.80. The normalized spacial score (nSPS) is 23.8. The van der Waals surface area contributed by atoms with Crippen LogP contribution in [0.4, 0.5) is 4.79 Å². The van der Waals surface area contributed by atoms with Crippen LogP contribution in [0.2, 0.25) is 0 Å². The summed E-state index contributed by atoms with van der Waals surface area (Å²) in [4.78, 5) is 21.3. The smallest absolute Gasteiger partial charge is 0.320 e. The molecule has 1 spiro atoms. The molecule has 9 heteroatoms. The van der Waals surface area contributed by atoms with Crippen LogP contribution in [0.1, 0.15) is 42.5 Å². The molecule has 3 aliphatic rings. The van der Waals surface area contributed by atoms with E-state index in [1.807, 2.05) is 21.9 Å². The van der Waals surface area contributed by atoms with Gasteiger partial charge in [0.05, 0.1) is 4.90 Å². The van der Waals surface area contributed by atoms with Gasteiger partial charge in [0.25, 0.3) is 0 Å². The second-order valence-corrected chi connectivity index (χ2v) is 10.9. The monoisotopic (exact) mass is 415 g/mol. The van der Waals surface area contributed by atoms with Crippen LogP contribution in [-0.4, -0.2) is 71.9 Å². The van der Waals surface area contributed by atoms with Gasteiger partial charge in [-0.1, -0.05) is 12.1 Å². The van der Waals surface area contributed by atoms with E-state index < -0.39 is 9.84 Å². The van der Waals surface area contributed by atoms with Gasteiger partial charge in [0.2, 0.25) is 0 Å². The van der Waals surface area contributed by atoms with Gasteiger partial charge in [-0.2, -0.15) is 5.10 Å². The Kier molecular flexibility index (Phi) is 4.20. The van der Waals surface area contributed by atoms with E-state index in [1.54, 1.807) is 12.1 Å². The number of benzene rings is 1. The Morgan fingerprint density at radius 3 is 2.48 bits per heavy atom. The van der Waals surface area contributed by atoms with E-state index in [-0.39, 0.29) is 17.4 Å². The van der Waals surface area contributed by atoms with E-state index in [0.29, 0.717) is 17.4 Å². The number of nitrogens with one attached hydrogen (secondary N) is 1. The molecular formula is C20H25N5O3S. The standard InChI is InChI=1S/C20H25N5O3S/c1-29(27,28)17-4-2-14(3-5-17)16-8-20(9-16)11-25(12-20)19(26)24-7-6-15(10-24)18-21-13-22-23-18/h2-5,13,15-16H,6-12H2,1H3,(H,21,22,23)/t15-/m0/s1. The van der Waals surface area contributed by atoms with Crippen molar-refractivity contribution in [3.05, 3.63) is 42.0 Å². The summed E-state index contributed by atoms with van der Waals surface area (Å²) < 4.78 is 23.2. The number of urea groups is 1. The average Bonchev–Trinajstić information content (AvgIpc) is 3.30. The van der Waals surface area contributed by atoms with Crippen molar-refractivity contribution >= 4 is 15.9 Å². The van der Waals surface area contributed by atoms with Crippen molar-refractivity contribution in [3.8, 4) is 0 Å². The Balaban J connectivity index is 1.13. The average molecular weight is 416 g/mol. The van der Waals surface area contributed by atoms with E-state index in [2.05, 4.69) is 15.2 Å². The van der Waals surface area contributed by atoms with Crippen molar-refractivity contribution < 1.29 is 13.2 Å². The van der Waals surface area contributed by atoms with Crippen molar-refractivity contribution in [3.63, 3.8) is 0 Å². The highest BCUT2D eigenvalue weighted by Crippen LogP contribution is 2.56. The van der Waals surface area contributed by atoms with Crippen molar-refractivity contribution in [1.29, 1.82) is 0 Å². The molecule has 1 aromatic heterocycles. The molecule has 2 amide bonds. The molecule has 5 rings (SSSR count). The van der Waals surface area contributed by atoms with Gasteiger partial charge in [-0.15, -0.1) is 0 Å². The fourth-order valence-electron chi connectivity index (χ4n) is 5.13. The minimum absolute atomic E-state index is 0.138. The predicted molar refractivity (Wildman–Crippen MR) is 106 cm³/mol. The first-order valence-electron chi connectivity index (χ1n) is 10.0. The van der Waals surface area contributed by atoms with Gasteiger partial charge in [-0.25, -0.2) is 18.2 Å². The van der Waals surface area contributed by atoms with Gasteiger partial charge >= 0.3 is 6.03 Å². The third-order valence-corrected chi connectivity index (χ3v) is 7.87. The number of carbonyl (C=O) groups excluding carboxylic acids is 1. The maximum Gasteiger partial charge on any atom is 0.320 e. The summed E-state index contributed by atoms with van der Waals surface area (Å²) in [5.74, 6) is 1.58. The second-order valence-electron chi connectivity index (χ2n) is 8.89. The molecule has 3 heterocycles. The molecule has 0 bridgehead atoms. The quantitative estimate of drug-likeness (QED) is 0.827. The number of likely N-dealkylation sites (tertiary alicyclic amines) is 2. The van der Waals surface area contributed by atoms with Gasteiger partial charge in [-0.05, 0) is 42.9 Å². The first-order valence-corrected chi connectivity index (χ1v) is 11.9. The number of H-pyrrole nitrogens is 1. The highest BCUT2D eigenvalue weighted by Gasteiger charge is 2.54. The Morgan fingerprint density at radius 2 is 1.86 bits per heavy atom. The lowest BCUT2D eigenvalue weighted by molar-refractivity contribution is -0.0535. The molecule has 0 radical (unpaired) electrons. The number of aromatic amines is 1. The Hall–Kier alpha value is -2.42. The van der Waals surface area contributed by atoms with E-state index in [4.69, 9.17) is 0 Å². The fraction of sp³-hybridized carbons (Fsp3) is 0.550. The zero-order valence-corrected chi connectivity index (χ0v) is 17.2. The highest BCUT2D eigenvalue weighted by molar-refractivity contribution is 7.90. The molecule has 3 fully saturated rings. The Labute approximate surface area is 170 Å². The van der Waals surface area contributed by atoms with Gasteiger partial charge in [0.15, 0.2) is 9.84 Å². The van der Waals surface area contributed by atoms with Crippen LogP contribution in [-0.2, 0) is 9.84 Å². The maximum absolute atomic E-state index is 12.8. The van der Waals surface area contributed by atoms with Crippen LogP contribution in [0, 0.1) is 5.41 Å². The zero-order valence-electron chi connectivity index (χ0n) is 16.4. The summed E-state index contributed by atoms with van der Waals surface area (Å²) in [5, 5.41) is 6.82. The number of hydrogen-bond donors (Lipinski definition) is 1. The van der Waals surface area contributed by atoms with Gasteiger partial charge in [-0.3, -0.25) is 5.10 Å². The number of amides is 2. The molecule has 2 saturated heterocycles.